The van der Waals surface area contributed by atoms with Gasteiger partial charge in [-0.25, -0.2) is 13.8 Å². The van der Waals surface area contributed by atoms with Crippen LogP contribution in [0.15, 0.2) is 36.5 Å². The van der Waals surface area contributed by atoms with Crippen LogP contribution in [0.5, 0.6) is 17.4 Å². The van der Waals surface area contributed by atoms with Gasteiger partial charge in [-0.15, -0.1) is 0 Å². The molecule has 4 nitrogen and oxygen atoms in total. The Bertz CT molecular complexity index is 641. The first kappa shape index (κ1) is 15.7. The van der Waals surface area contributed by atoms with Crippen molar-refractivity contribution in [2.24, 2.45) is 5.92 Å². The number of nitrogens with one attached hydrogen (secondary N) is 1. The van der Waals surface area contributed by atoms with Crippen LogP contribution < -0.4 is 14.8 Å². The third-order valence-electron chi connectivity index (χ3n) is 3.73. The molecule has 2 aromatic rings. The van der Waals surface area contributed by atoms with Crippen LogP contribution in [-0.2, 0) is 0 Å². The molecule has 0 bridgehead atoms. The highest BCUT2D eigenvalue weighted by molar-refractivity contribution is 5.38. The van der Waals surface area contributed by atoms with Crippen LogP contribution in [-0.4, -0.2) is 24.7 Å². The summed E-state index contributed by atoms with van der Waals surface area (Å²) in [5.41, 5.74) is 0. The van der Waals surface area contributed by atoms with Gasteiger partial charge in [-0.05, 0) is 43.7 Å². The van der Waals surface area contributed by atoms with Crippen molar-refractivity contribution in [1.29, 1.82) is 0 Å². The Balaban J connectivity index is 1.72. The molecule has 23 heavy (non-hydrogen) atoms. The average Bonchev–Trinajstić information content (AvgIpc) is 2.58. The molecule has 122 valence electrons. The zero-order valence-corrected chi connectivity index (χ0v) is 12.6. The third kappa shape index (κ3) is 3.96. The molecule has 1 aliphatic heterocycles. The molecule has 0 unspecified atom stereocenters. The number of halogens is 2. The molecule has 1 N–H and O–H groups in total. The number of aromatic nitrogens is 1. The highest BCUT2D eigenvalue weighted by Gasteiger charge is 2.17. The minimum absolute atomic E-state index is 0.0558. The van der Waals surface area contributed by atoms with Crippen molar-refractivity contribution in [2.75, 3.05) is 19.7 Å². The zero-order chi connectivity index (χ0) is 16.1. The Labute approximate surface area is 133 Å². The lowest BCUT2D eigenvalue weighted by Gasteiger charge is -2.23. The van der Waals surface area contributed by atoms with E-state index in [0.717, 1.165) is 38.1 Å². The molecule has 0 amide bonds. The van der Waals surface area contributed by atoms with Crippen LogP contribution in [0.2, 0.25) is 0 Å². The Morgan fingerprint density at radius 1 is 1.17 bits per heavy atom. The normalized spacial score (nSPS) is 17.7. The standard InChI is InChI=1S/C17H18F2N2O2/c18-13-5-1-6-14(19)16(13)23-17-15(7-3-9-21-17)22-11-12-4-2-8-20-10-12/h1,3,5-7,9,12,20H,2,4,8,10-11H2/t12-/m0/s1. The quantitative estimate of drug-likeness (QED) is 0.915. The molecular formula is C17H18F2N2O2. The summed E-state index contributed by atoms with van der Waals surface area (Å²) in [6, 6.07) is 6.92. The predicted molar refractivity (Wildman–Crippen MR) is 81.8 cm³/mol. The maximum Gasteiger partial charge on any atom is 0.262 e. The number of nitrogens with zero attached hydrogens (tertiary/aromatic N) is 1. The second-order valence-corrected chi connectivity index (χ2v) is 5.48. The van der Waals surface area contributed by atoms with Gasteiger partial charge in [-0.3, -0.25) is 0 Å². The molecule has 6 heteroatoms. The lowest BCUT2D eigenvalue weighted by atomic mass is 10.0. The molecule has 2 heterocycles. The van der Waals surface area contributed by atoms with Gasteiger partial charge in [0.15, 0.2) is 17.4 Å². The lowest BCUT2D eigenvalue weighted by molar-refractivity contribution is 0.211. The number of benzene rings is 1. The van der Waals surface area contributed by atoms with E-state index in [1.807, 2.05) is 0 Å². The molecule has 1 atom stereocenters. The van der Waals surface area contributed by atoms with Crippen LogP contribution in [0.4, 0.5) is 8.78 Å². The molecule has 1 fully saturated rings. The predicted octanol–water partition coefficient (Wildman–Crippen LogP) is 3.53. The lowest BCUT2D eigenvalue weighted by Crippen LogP contribution is -2.33. The van der Waals surface area contributed by atoms with E-state index in [1.54, 1.807) is 12.1 Å². The first-order valence-electron chi connectivity index (χ1n) is 7.64. The van der Waals surface area contributed by atoms with Crippen molar-refractivity contribution in [3.63, 3.8) is 0 Å². The van der Waals surface area contributed by atoms with E-state index in [0.29, 0.717) is 18.3 Å². The summed E-state index contributed by atoms with van der Waals surface area (Å²) in [4.78, 5) is 4.02. The van der Waals surface area contributed by atoms with Crippen LogP contribution in [0.25, 0.3) is 0 Å². The molecule has 3 rings (SSSR count). The second-order valence-electron chi connectivity index (χ2n) is 5.48. The first-order valence-corrected chi connectivity index (χ1v) is 7.64. The van der Waals surface area contributed by atoms with Gasteiger partial charge in [0.2, 0.25) is 5.75 Å². The SMILES string of the molecule is Fc1cccc(F)c1Oc1ncccc1OC[C@H]1CCCNC1. The minimum atomic E-state index is -0.780. The van der Waals surface area contributed by atoms with Gasteiger partial charge in [0.25, 0.3) is 5.88 Å². The Hall–Kier alpha value is -2.21. The smallest absolute Gasteiger partial charge is 0.262 e. The maximum atomic E-state index is 13.7. The molecule has 0 saturated carbocycles. The van der Waals surface area contributed by atoms with Gasteiger partial charge in [0, 0.05) is 18.7 Å². The van der Waals surface area contributed by atoms with E-state index >= 15 is 0 Å². The molecule has 1 saturated heterocycles. The van der Waals surface area contributed by atoms with Crippen molar-refractivity contribution < 1.29 is 18.3 Å². The van der Waals surface area contributed by atoms with Crippen LogP contribution >= 0.6 is 0 Å². The molecule has 0 spiro atoms. The van der Waals surface area contributed by atoms with E-state index in [1.165, 1.54) is 12.3 Å². The number of hydrogen-bond donors (Lipinski definition) is 1. The molecular weight excluding hydrogens is 302 g/mol. The number of ether oxygens (including phenoxy) is 2. The van der Waals surface area contributed by atoms with Crippen LogP contribution in [0.1, 0.15) is 12.8 Å². The van der Waals surface area contributed by atoms with Gasteiger partial charge in [-0.1, -0.05) is 6.07 Å². The van der Waals surface area contributed by atoms with Crippen LogP contribution in [0, 0.1) is 17.6 Å². The fraction of sp³-hybridized carbons (Fsp3) is 0.353. The van der Waals surface area contributed by atoms with Gasteiger partial charge in [0.1, 0.15) is 0 Å². The topological polar surface area (TPSA) is 43.4 Å². The van der Waals surface area contributed by atoms with Crippen molar-refractivity contribution in [3.8, 4) is 17.4 Å². The summed E-state index contributed by atoms with van der Waals surface area (Å²) in [5, 5.41) is 3.31. The van der Waals surface area contributed by atoms with Gasteiger partial charge in [0.05, 0.1) is 6.61 Å². The van der Waals surface area contributed by atoms with Crippen molar-refractivity contribution in [3.05, 3.63) is 48.2 Å². The number of hydrogen-bond acceptors (Lipinski definition) is 4. The third-order valence-corrected chi connectivity index (χ3v) is 3.73. The molecule has 1 aromatic heterocycles. The molecule has 1 aromatic carbocycles. The molecule has 0 aliphatic carbocycles. The highest BCUT2D eigenvalue weighted by Crippen LogP contribution is 2.32. The van der Waals surface area contributed by atoms with Crippen molar-refractivity contribution in [1.82, 2.24) is 10.3 Å². The van der Waals surface area contributed by atoms with Crippen molar-refractivity contribution >= 4 is 0 Å². The summed E-state index contributed by atoms with van der Waals surface area (Å²) in [7, 11) is 0. The summed E-state index contributed by atoms with van der Waals surface area (Å²) in [6.07, 6.45) is 3.69. The first-order chi connectivity index (χ1) is 11.2. The maximum absolute atomic E-state index is 13.7. The van der Waals surface area contributed by atoms with E-state index in [-0.39, 0.29) is 5.88 Å². The fourth-order valence-electron chi connectivity index (χ4n) is 2.51. The molecule has 1 aliphatic rings. The average molecular weight is 320 g/mol. The Morgan fingerprint density at radius 3 is 2.74 bits per heavy atom. The number of para-hydroxylation sites is 1. The zero-order valence-electron chi connectivity index (χ0n) is 12.6. The monoisotopic (exact) mass is 320 g/mol. The van der Waals surface area contributed by atoms with Crippen molar-refractivity contribution in [2.45, 2.75) is 12.8 Å². The Kier molecular flexibility index (Phi) is 5.02. The van der Waals surface area contributed by atoms with Gasteiger partial charge in [-0.2, -0.15) is 0 Å². The van der Waals surface area contributed by atoms with E-state index in [2.05, 4.69) is 10.3 Å². The van der Waals surface area contributed by atoms with Gasteiger partial charge >= 0.3 is 0 Å². The van der Waals surface area contributed by atoms with E-state index in [4.69, 9.17) is 9.47 Å². The summed E-state index contributed by atoms with van der Waals surface area (Å²) >= 11 is 0. The largest absolute Gasteiger partial charge is 0.488 e. The number of pyridine rings is 1. The Morgan fingerprint density at radius 2 is 2.00 bits per heavy atom. The molecule has 0 radical (unpaired) electrons. The van der Waals surface area contributed by atoms with E-state index in [9.17, 15) is 8.78 Å². The number of rotatable bonds is 5. The number of piperidine rings is 1. The fourth-order valence-corrected chi connectivity index (χ4v) is 2.51. The summed E-state index contributed by atoms with van der Waals surface area (Å²) in [6.45, 7) is 2.44. The minimum Gasteiger partial charge on any atom is -0.488 e. The van der Waals surface area contributed by atoms with E-state index < -0.39 is 17.4 Å². The van der Waals surface area contributed by atoms with Gasteiger partial charge < -0.3 is 14.8 Å². The summed E-state index contributed by atoms with van der Waals surface area (Å²) < 4.78 is 38.5. The highest BCUT2D eigenvalue weighted by atomic mass is 19.1. The van der Waals surface area contributed by atoms with Crippen LogP contribution in [0.3, 0.4) is 0 Å². The second kappa shape index (κ2) is 7.37. The summed E-state index contributed by atoms with van der Waals surface area (Å²) in [5.74, 6) is -1.20.